The number of aromatic nitrogens is 2. The topological polar surface area (TPSA) is 56.1 Å². The maximum atomic E-state index is 5.42. The van der Waals surface area contributed by atoms with Gasteiger partial charge in [-0.1, -0.05) is 0 Å². The van der Waals surface area contributed by atoms with Gasteiger partial charge in [-0.3, -0.25) is 5.32 Å². The van der Waals surface area contributed by atoms with E-state index in [1.165, 1.54) is 48.0 Å². The number of nitrogens with one attached hydrogen (secondary N) is 1. The summed E-state index contributed by atoms with van der Waals surface area (Å²) in [6.07, 6.45) is 6.81. The number of fused-ring (bicyclic) bond motifs is 3. The highest BCUT2D eigenvalue weighted by Crippen LogP contribution is 2.36. The molecular weight excluding hydrogens is 296 g/mol. The standard InChI is InChI=1S/C16H22N4OS/c1-2-4-13-12(3-1)14-15(18-11-19-16(14)22-13)17-5-6-20-7-9-21-10-8-20/h11H,1-10H2,(H,17,18,19)/p+2. The van der Waals surface area contributed by atoms with E-state index in [4.69, 9.17) is 4.74 Å². The molecule has 22 heavy (non-hydrogen) atoms. The highest BCUT2D eigenvalue weighted by atomic mass is 32.1. The molecule has 3 heterocycles. The lowest BCUT2D eigenvalue weighted by Gasteiger charge is -2.22. The van der Waals surface area contributed by atoms with Crippen LogP contribution in [0.4, 0.5) is 5.82 Å². The summed E-state index contributed by atoms with van der Waals surface area (Å²) in [7, 11) is 0. The van der Waals surface area contributed by atoms with Gasteiger partial charge in [0.1, 0.15) is 37.3 Å². The molecule has 0 spiro atoms. The van der Waals surface area contributed by atoms with Gasteiger partial charge < -0.3 is 9.64 Å². The molecule has 0 radical (unpaired) electrons. The summed E-state index contributed by atoms with van der Waals surface area (Å²) in [6.45, 7) is 6.37. The largest absolute Gasteiger partial charge is 0.370 e. The Bertz CT molecular complexity index is 651. The van der Waals surface area contributed by atoms with E-state index in [0.717, 1.165) is 38.7 Å². The normalized spacial score (nSPS) is 19.5. The molecule has 2 aromatic heterocycles. The molecule has 0 amide bonds. The molecule has 0 unspecified atom stereocenters. The quantitative estimate of drug-likeness (QED) is 0.812. The van der Waals surface area contributed by atoms with E-state index in [2.05, 4.69) is 15.3 Å². The Kier molecular flexibility index (Phi) is 4.34. The fourth-order valence-electron chi connectivity index (χ4n) is 3.59. The van der Waals surface area contributed by atoms with Crippen molar-refractivity contribution in [1.29, 1.82) is 0 Å². The Hall–Kier alpha value is -1.08. The van der Waals surface area contributed by atoms with Crippen molar-refractivity contribution in [3.63, 3.8) is 0 Å². The van der Waals surface area contributed by atoms with E-state index in [-0.39, 0.29) is 0 Å². The number of morpholine rings is 1. The van der Waals surface area contributed by atoms with Gasteiger partial charge in [-0.05, 0) is 31.2 Å². The molecule has 6 heteroatoms. The van der Waals surface area contributed by atoms with Crippen LogP contribution >= 0.6 is 11.3 Å². The van der Waals surface area contributed by atoms with Gasteiger partial charge in [0.25, 0.3) is 0 Å². The summed E-state index contributed by atoms with van der Waals surface area (Å²) in [5.74, 6) is 1.16. The average Bonchev–Trinajstić information content (AvgIpc) is 2.95. The molecule has 1 fully saturated rings. The van der Waals surface area contributed by atoms with Crippen LogP contribution in [0.1, 0.15) is 23.3 Å². The van der Waals surface area contributed by atoms with E-state index in [9.17, 15) is 0 Å². The molecule has 1 aliphatic carbocycles. The molecule has 1 saturated heterocycles. The molecule has 4 rings (SSSR count). The summed E-state index contributed by atoms with van der Waals surface area (Å²) in [4.78, 5) is 13.5. The number of rotatable bonds is 4. The first-order valence-electron chi connectivity index (χ1n) is 8.41. The zero-order valence-electron chi connectivity index (χ0n) is 12.9. The first kappa shape index (κ1) is 14.5. The number of quaternary nitrogens is 2. The molecule has 2 aliphatic rings. The van der Waals surface area contributed by atoms with Gasteiger partial charge in [0, 0.05) is 4.88 Å². The molecule has 0 bridgehead atoms. The lowest BCUT2D eigenvalue weighted by atomic mass is 9.97. The molecule has 0 atom stereocenters. The molecule has 5 nitrogen and oxygen atoms in total. The fourth-order valence-corrected chi connectivity index (χ4v) is 4.83. The van der Waals surface area contributed by atoms with Crippen LogP contribution in [0.3, 0.4) is 0 Å². The summed E-state index contributed by atoms with van der Waals surface area (Å²) in [5, 5.41) is 3.67. The Morgan fingerprint density at radius 3 is 2.95 bits per heavy atom. The number of hydrogen-bond acceptors (Lipinski definition) is 4. The molecule has 118 valence electrons. The van der Waals surface area contributed by atoms with Crippen molar-refractivity contribution in [2.75, 3.05) is 39.4 Å². The second-order valence-electron chi connectivity index (χ2n) is 6.26. The fraction of sp³-hybridized carbons (Fsp3) is 0.625. The minimum Gasteiger partial charge on any atom is -0.370 e. The van der Waals surface area contributed by atoms with Gasteiger partial charge in [-0.25, -0.2) is 4.98 Å². The third-order valence-corrected chi connectivity index (χ3v) is 6.02. The zero-order chi connectivity index (χ0) is 14.8. The van der Waals surface area contributed by atoms with Crippen molar-refractivity contribution in [2.24, 2.45) is 0 Å². The van der Waals surface area contributed by atoms with Crippen LogP contribution in [0, 0.1) is 0 Å². The second kappa shape index (κ2) is 6.58. The summed E-state index contributed by atoms with van der Waals surface area (Å²) in [6, 6.07) is 0. The Balaban J connectivity index is 1.50. The molecule has 1 aliphatic heterocycles. The van der Waals surface area contributed by atoms with Gasteiger partial charge in [0.05, 0.1) is 18.6 Å². The van der Waals surface area contributed by atoms with Gasteiger partial charge in [-0.2, -0.15) is 4.98 Å². The molecule has 0 saturated carbocycles. The summed E-state index contributed by atoms with van der Waals surface area (Å²) >= 11 is 1.88. The SMILES string of the molecule is c1nc([NH2+]CC[NH+]2CCOCC2)c2c3c(sc2n1)CCCC3. The van der Waals surface area contributed by atoms with Crippen molar-refractivity contribution >= 4 is 27.4 Å². The summed E-state index contributed by atoms with van der Waals surface area (Å²) < 4.78 is 5.42. The number of hydrogen-bond donors (Lipinski definition) is 2. The lowest BCUT2D eigenvalue weighted by molar-refractivity contribution is -0.916. The number of nitrogens with two attached hydrogens (primary N) is 1. The van der Waals surface area contributed by atoms with Crippen molar-refractivity contribution in [1.82, 2.24) is 9.97 Å². The third-order valence-electron chi connectivity index (χ3n) is 4.82. The van der Waals surface area contributed by atoms with Crippen LogP contribution in [0.25, 0.3) is 10.2 Å². The molecule has 2 aromatic rings. The van der Waals surface area contributed by atoms with Crippen LogP contribution in [0.2, 0.25) is 0 Å². The van der Waals surface area contributed by atoms with Crippen molar-refractivity contribution < 1.29 is 15.0 Å². The smallest absolute Gasteiger partial charge is 0.236 e. The highest BCUT2D eigenvalue weighted by Gasteiger charge is 2.22. The Labute approximate surface area is 134 Å². The van der Waals surface area contributed by atoms with E-state index in [1.807, 2.05) is 11.3 Å². The minimum atomic E-state index is 0.908. The maximum Gasteiger partial charge on any atom is 0.236 e. The highest BCUT2D eigenvalue weighted by molar-refractivity contribution is 7.18. The van der Waals surface area contributed by atoms with E-state index in [1.54, 1.807) is 16.1 Å². The minimum absolute atomic E-state index is 0.908. The van der Waals surface area contributed by atoms with E-state index < -0.39 is 0 Å². The average molecular weight is 320 g/mol. The first-order valence-corrected chi connectivity index (χ1v) is 9.23. The predicted molar refractivity (Wildman–Crippen MR) is 86.9 cm³/mol. The maximum absolute atomic E-state index is 5.42. The number of ether oxygens (including phenoxy) is 1. The predicted octanol–water partition coefficient (Wildman–Crippen LogP) is -0.320. The first-order chi connectivity index (χ1) is 10.9. The van der Waals surface area contributed by atoms with Crippen molar-refractivity contribution in [3.8, 4) is 0 Å². The van der Waals surface area contributed by atoms with E-state index >= 15 is 0 Å². The van der Waals surface area contributed by atoms with Crippen molar-refractivity contribution in [3.05, 3.63) is 16.8 Å². The monoisotopic (exact) mass is 320 g/mol. The van der Waals surface area contributed by atoms with E-state index in [0.29, 0.717) is 0 Å². The van der Waals surface area contributed by atoms with Crippen LogP contribution in [0.15, 0.2) is 6.33 Å². The van der Waals surface area contributed by atoms with Gasteiger partial charge in [-0.15, -0.1) is 11.3 Å². The van der Waals surface area contributed by atoms with Crippen LogP contribution in [-0.4, -0.2) is 49.4 Å². The molecular formula is C16H24N4OS+2. The lowest BCUT2D eigenvalue weighted by Crippen LogP contribution is -3.16. The van der Waals surface area contributed by atoms with Crippen LogP contribution < -0.4 is 10.2 Å². The van der Waals surface area contributed by atoms with Crippen LogP contribution in [0.5, 0.6) is 0 Å². The second-order valence-corrected chi connectivity index (χ2v) is 7.34. The van der Waals surface area contributed by atoms with Gasteiger partial charge in [0.2, 0.25) is 5.82 Å². The number of thiophene rings is 1. The zero-order valence-corrected chi connectivity index (χ0v) is 13.8. The number of nitrogens with zero attached hydrogens (tertiary/aromatic N) is 2. The van der Waals surface area contributed by atoms with Gasteiger partial charge in [0.15, 0.2) is 0 Å². The Morgan fingerprint density at radius 1 is 1.18 bits per heavy atom. The molecule has 0 aromatic carbocycles. The summed E-state index contributed by atoms with van der Waals surface area (Å²) in [5.41, 5.74) is 1.54. The Morgan fingerprint density at radius 2 is 2.05 bits per heavy atom. The number of aryl methyl sites for hydroxylation is 2. The van der Waals surface area contributed by atoms with Crippen molar-refractivity contribution in [2.45, 2.75) is 25.7 Å². The van der Waals surface area contributed by atoms with Crippen LogP contribution in [-0.2, 0) is 17.6 Å². The van der Waals surface area contributed by atoms with Gasteiger partial charge >= 0.3 is 0 Å². The molecule has 3 N–H and O–H groups in total. The third kappa shape index (κ3) is 2.88.